The molecule has 0 N–H and O–H groups in total. The van der Waals surface area contributed by atoms with Crippen LogP contribution < -0.4 is 0 Å². The molecule has 0 unspecified atom stereocenters. The molecule has 0 fully saturated rings. The van der Waals surface area contributed by atoms with Crippen molar-refractivity contribution in [1.29, 1.82) is 0 Å². The van der Waals surface area contributed by atoms with Crippen LogP contribution in [0.1, 0.15) is 27.7 Å². The number of rotatable bonds is 5. The van der Waals surface area contributed by atoms with E-state index < -0.39 is 8.07 Å². The third-order valence-electron chi connectivity index (χ3n) is 3.04. The van der Waals surface area contributed by atoms with Crippen LogP contribution in [0.3, 0.4) is 0 Å². The maximum absolute atomic E-state index is 2.36. The average molecular weight is 170 g/mol. The van der Waals surface area contributed by atoms with E-state index in [0.29, 0.717) is 0 Å². The predicted molar refractivity (Wildman–Crippen MR) is 56.8 cm³/mol. The Kier molecular flexibility index (Phi) is 5.57. The first-order chi connectivity index (χ1) is 5.24. The molecule has 0 aromatic carbocycles. The van der Waals surface area contributed by atoms with Gasteiger partial charge in [-0.05, 0) is 13.0 Å². The van der Waals surface area contributed by atoms with E-state index in [1.807, 2.05) is 0 Å². The van der Waals surface area contributed by atoms with Gasteiger partial charge < -0.3 is 0 Å². The molecule has 0 aliphatic heterocycles. The maximum atomic E-state index is 2.36. The van der Waals surface area contributed by atoms with Crippen LogP contribution in [0, 0.1) is 0 Å². The predicted octanol–water partition coefficient (Wildman–Crippen LogP) is 4.07. The largest absolute Gasteiger partial charge is 0.0919 e. The van der Waals surface area contributed by atoms with Crippen LogP contribution in [0.2, 0.25) is 24.2 Å². The Hall–Kier alpha value is -0.0431. The van der Waals surface area contributed by atoms with Gasteiger partial charge in [0.15, 0.2) is 0 Å². The van der Waals surface area contributed by atoms with Gasteiger partial charge in [0.05, 0.1) is 8.07 Å². The van der Waals surface area contributed by atoms with Gasteiger partial charge in [-0.1, -0.05) is 51.1 Å². The topological polar surface area (TPSA) is 0 Å². The van der Waals surface area contributed by atoms with Gasteiger partial charge in [0.2, 0.25) is 0 Å². The van der Waals surface area contributed by atoms with E-state index in [1.54, 1.807) is 0 Å². The highest BCUT2D eigenvalue weighted by Gasteiger charge is 2.24. The minimum absolute atomic E-state index is 0.825. The van der Waals surface area contributed by atoms with Crippen molar-refractivity contribution in [1.82, 2.24) is 0 Å². The van der Waals surface area contributed by atoms with Crippen molar-refractivity contribution < 1.29 is 0 Å². The summed E-state index contributed by atoms with van der Waals surface area (Å²) in [6.07, 6.45) is 4.56. The van der Waals surface area contributed by atoms with Crippen molar-refractivity contribution in [2.24, 2.45) is 0 Å². The fraction of sp³-hybridized carbons (Fsp3) is 0.800. The maximum Gasteiger partial charge on any atom is 0.0565 e. The molecular formula is C10H22Si. The van der Waals surface area contributed by atoms with Crippen molar-refractivity contribution in [3.8, 4) is 0 Å². The Bertz CT molecular complexity index is 104. The summed E-state index contributed by atoms with van der Waals surface area (Å²) in [7, 11) is -0.825. The third kappa shape index (κ3) is 3.24. The molecule has 0 bridgehead atoms. The minimum atomic E-state index is -0.825. The molecule has 66 valence electrons. The van der Waals surface area contributed by atoms with E-state index in [-0.39, 0.29) is 0 Å². The zero-order valence-corrected chi connectivity index (χ0v) is 9.48. The molecule has 0 saturated carbocycles. The Morgan fingerprint density at radius 1 is 1.00 bits per heavy atom. The summed E-state index contributed by atoms with van der Waals surface area (Å²) >= 11 is 0. The average Bonchev–Trinajstić information content (AvgIpc) is 2.08. The highest BCUT2D eigenvalue weighted by atomic mass is 28.3. The monoisotopic (exact) mass is 170 g/mol. The Morgan fingerprint density at radius 2 is 1.45 bits per heavy atom. The summed E-state index contributed by atoms with van der Waals surface area (Å²) in [6.45, 7) is 9.22. The number of hydrogen-bond acceptors (Lipinski definition) is 0. The van der Waals surface area contributed by atoms with Gasteiger partial charge in [-0.25, -0.2) is 0 Å². The molecule has 1 heteroatoms. The first-order valence-electron chi connectivity index (χ1n) is 4.85. The van der Waals surface area contributed by atoms with Gasteiger partial charge in [-0.3, -0.25) is 0 Å². The van der Waals surface area contributed by atoms with E-state index >= 15 is 0 Å². The van der Waals surface area contributed by atoms with Gasteiger partial charge >= 0.3 is 0 Å². The lowest BCUT2D eigenvalue weighted by Gasteiger charge is -2.26. The zero-order chi connectivity index (χ0) is 8.74. The molecule has 0 radical (unpaired) electrons. The molecule has 0 spiro atoms. The first-order valence-corrected chi connectivity index (χ1v) is 7.68. The third-order valence-corrected chi connectivity index (χ3v) is 8.64. The second kappa shape index (κ2) is 5.59. The summed E-state index contributed by atoms with van der Waals surface area (Å²) in [4.78, 5) is 0. The zero-order valence-electron chi connectivity index (χ0n) is 8.48. The molecule has 0 atom stereocenters. The van der Waals surface area contributed by atoms with Crippen LogP contribution in [0.5, 0.6) is 0 Å². The van der Waals surface area contributed by atoms with E-state index in [9.17, 15) is 0 Å². The van der Waals surface area contributed by atoms with Crippen LogP contribution in [0.25, 0.3) is 0 Å². The van der Waals surface area contributed by atoms with E-state index in [4.69, 9.17) is 0 Å². The molecule has 0 aliphatic carbocycles. The lowest BCUT2D eigenvalue weighted by molar-refractivity contribution is 1.14. The van der Waals surface area contributed by atoms with Crippen LogP contribution in [0.4, 0.5) is 0 Å². The fourth-order valence-corrected chi connectivity index (χ4v) is 4.65. The second-order valence-corrected chi connectivity index (χ2v) is 8.86. The molecule has 0 saturated heterocycles. The van der Waals surface area contributed by atoms with Crippen LogP contribution in [-0.4, -0.2) is 8.07 Å². The number of hydrogen-bond donors (Lipinski definition) is 0. The Labute approximate surface area is 72.7 Å². The smallest absolute Gasteiger partial charge is 0.0565 e. The molecule has 0 amide bonds. The molecule has 0 aromatic rings. The molecule has 0 aliphatic rings. The standard InChI is InChI=1S/C10H22Si/c1-5-9-10-11(6-2,7-3)8-4/h5,9H,6-8,10H2,1-4H3/b9-5+. The molecule has 0 heterocycles. The minimum Gasteiger partial charge on any atom is -0.0919 e. The SMILES string of the molecule is C/C=C/C[Si](CC)(CC)CC. The van der Waals surface area contributed by atoms with Gasteiger partial charge in [0, 0.05) is 0 Å². The molecule has 11 heavy (non-hydrogen) atoms. The van der Waals surface area contributed by atoms with Gasteiger partial charge in [0.1, 0.15) is 0 Å². The second-order valence-electron chi connectivity index (χ2n) is 3.33. The highest BCUT2D eigenvalue weighted by Crippen LogP contribution is 2.25. The lowest BCUT2D eigenvalue weighted by Crippen LogP contribution is -2.29. The van der Waals surface area contributed by atoms with E-state index in [2.05, 4.69) is 39.8 Å². The molecular weight excluding hydrogens is 148 g/mol. The molecule has 0 rings (SSSR count). The van der Waals surface area contributed by atoms with Gasteiger partial charge in [-0.15, -0.1) is 0 Å². The van der Waals surface area contributed by atoms with Crippen LogP contribution in [-0.2, 0) is 0 Å². The normalized spacial score (nSPS) is 12.7. The summed E-state index contributed by atoms with van der Waals surface area (Å²) in [6, 6.07) is 5.74. The first kappa shape index (κ1) is 11.0. The fourth-order valence-electron chi connectivity index (χ4n) is 1.55. The summed E-state index contributed by atoms with van der Waals surface area (Å²) in [5.41, 5.74) is 0. The van der Waals surface area contributed by atoms with Crippen LogP contribution in [0.15, 0.2) is 12.2 Å². The van der Waals surface area contributed by atoms with E-state index in [0.717, 1.165) is 0 Å². The van der Waals surface area contributed by atoms with Crippen molar-refractivity contribution >= 4 is 8.07 Å². The number of allylic oxidation sites excluding steroid dienone is 2. The molecule has 0 aromatic heterocycles. The quantitative estimate of drug-likeness (QED) is 0.431. The van der Waals surface area contributed by atoms with Crippen molar-refractivity contribution in [2.45, 2.75) is 51.9 Å². The Balaban J connectivity index is 4.04. The van der Waals surface area contributed by atoms with Crippen molar-refractivity contribution in [2.75, 3.05) is 0 Å². The summed E-state index contributed by atoms with van der Waals surface area (Å²) in [5.74, 6) is 0. The highest BCUT2D eigenvalue weighted by molar-refractivity contribution is 6.80. The van der Waals surface area contributed by atoms with Crippen molar-refractivity contribution in [3.63, 3.8) is 0 Å². The summed E-state index contributed by atoms with van der Waals surface area (Å²) < 4.78 is 0. The Morgan fingerprint density at radius 3 is 1.73 bits per heavy atom. The lowest BCUT2D eigenvalue weighted by atomic mass is 10.6. The van der Waals surface area contributed by atoms with E-state index in [1.165, 1.54) is 24.2 Å². The van der Waals surface area contributed by atoms with Crippen molar-refractivity contribution in [3.05, 3.63) is 12.2 Å². The molecule has 0 nitrogen and oxygen atoms in total. The van der Waals surface area contributed by atoms with Gasteiger partial charge in [-0.2, -0.15) is 0 Å². The summed E-state index contributed by atoms with van der Waals surface area (Å²) in [5, 5.41) is 0. The van der Waals surface area contributed by atoms with Crippen LogP contribution >= 0.6 is 0 Å². The van der Waals surface area contributed by atoms with Gasteiger partial charge in [0.25, 0.3) is 0 Å².